The number of halogens is 1. The number of nitrogens with one attached hydrogen (secondary N) is 2. The molecule has 3 N–H and O–H groups in total. The Bertz CT molecular complexity index is 1540. The molecule has 2 heterocycles. The number of aliphatic carboxylic acids is 1. The van der Waals surface area contributed by atoms with Crippen LogP contribution in [0.3, 0.4) is 0 Å². The smallest absolute Gasteiger partial charge is 0.412 e. The van der Waals surface area contributed by atoms with Crippen LogP contribution in [-0.4, -0.2) is 53.0 Å². The van der Waals surface area contributed by atoms with Crippen molar-refractivity contribution in [3.05, 3.63) is 100 Å². The third kappa shape index (κ3) is 5.02. The number of hydrogen-bond acceptors (Lipinski definition) is 5. The van der Waals surface area contributed by atoms with Gasteiger partial charge in [0.15, 0.2) is 5.60 Å². The second-order valence-corrected chi connectivity index (χ2v) is 11.3. The number of carbonyl (C=O) groups is 4. The zero-order valence-electron chi connectivity index (χ0n) is 22.1. The summed E-state index contributed by atoms with van der Waals surface area (Å²) in [6.45, 7) is 0.449. The number of benzene rings is 3. The molecule has 3 amide bonds. The van der Waals surface area contributed by atoms with Crippen LogP contribution < -0.4 is 10.6 Å². The number of carboxylic acid groups (broad SMARTS) is 1. The van der Waals surface area contributed by atoms with E-state index < -0.39 is 35.0 Å². The minimum absolute atomic E-state index is 0.125. The predicted molar refractivity (Wildman–Crippen MR) is 151 cm³/mol. The maximum atomic E-state index is 13.9. The molecule has 1 spiro atoms. The van der Waals surface area contributed by atoms with Crippen molar-refractivity contribution in [2.24, 2.45) is 0 Å². The normalized spacial score (nSPS) is 20.9. The van der Waals surface area contributed by atoms with Crippen LogP contribution >= 0.6 is 11.6 Å². The van der Waals surface area contributed by atoms with Gasteiger partial charge in [0.2, 0.25) is 5.91 Å². The van der Waals surface area contributed by atoms with E-state index >= 15 is 0 Å². The van der Waals surface area contributed by atoms with Crippen molar-refractivity contribution >= 4 is 41.2 Å². The molecule has 2 fully saturated rings. The van der Waals surface area contributed by atoms with E-state index in [1.807, 2.05) is 30.3 Å². The molecule has 1 aliphatic carbocycles. The summed E-state index contributed by atoms with van der Waals surface area (Å²) < 4.78 is 5.77. The molecule has 3 aromatic carbocycles. The highest BCUT2D eigenvalue weighted by molar-refractivity contribution is 6.30. The molecule has 9 nitrogen and oxygen atoms in total. The highest BCUT2D eigenvalue weighted by Crippen LogP contribution is 2.48. The second kappa shape index (κ2) is 10.2. The molecule has 1 saturated carbocycles. The minimum Gasteiger partial charge on any atom is -0.481 e. The molecule has 210 valence electrons. The molecule has 3 aliphatic rings. The first-order chi connectivity index (χ1) is 19.7. The fourth-order valence-electron chi connectivity index (χ4n) is 5.85. The van der Waals surface area contributed by atoms with E-state index in [2.05, 4.69) is 10.6 Å². The summed E-state index contributed by atoms with van der Waals surface area (Å²) in [5.74, 6) is -1.60. The lowest BCUT2D eigenvalue weighted by Gasteiger charge is -2.35. The summed E-state index contributed by atoms with van der Waals surface area (Å²) in [5.41, 5.74) is 1.25. The van der Waals surface area contributed by atoms with E-state index in [9.17, 15) is 24.3 Å². The fourth-order valence-corrected chi connectivity index (χ4v) is 6.02. The van der Waals surface area contributed by atoms with Crippen LogP contribution in [0, 0.1) is 0 Å². The minimum atomic E-state index is -1.04. The van der Waals surface area contributed by atoms with Crippen LogP contribution in [0.25, 0.3) is 0 Å². The average molecular weight is 574 g/mol. The van der Waals surface area contributed by atoms with Gasteiger partial charge in [-0.2, -0.15) is 0 Å². The first-order valence-corrected chi connectivity index (χ1v) is 13.8. The van der Waals surface area contributed by atoms with E-state index in [4.69, 9.17) is 16.3 Å². The summed E-state index contributed by atoms with van der Waals surface area (Å²) in [6.07, 6.45) is 1.20. The van der Waals surface area contributed by atoms with Crippen molar-refractivity contribution in [3.8, 4) is 0 Å². The van der Waals surface area contributed by atoms with Gasteiger partial charge < -0.3 is 20.1 Å². The van der Waals surface area contributed by atoms with Gasteiger partial charge in [-0.05, 0) is 54.3 Å². The zero-order valence-corrected chi connectivity index (χ0v) is 22.8. The molecule has 0 aromatic heterocycles. The Hall–Kier alpha value is -4.37. The molecule has 1 unspecified atom stereocenters. The van der Waals surface area contributed by atoms with Gasteiger partial charge >= 0.3 is 12.1 Å². The van der Waals surface area contributed by atoms with Crippen molar-refractivity contribution in [3.63, 3.8) is 0 Å². The molecule has 3 aromatic rings. The van der Waals surface area contributed by atoms with Gasteiger partial charge in [0, 0.05) is 35.5 Å². The number of likely N-dealkylation sites (tertiary alicyclic amines) is 1. The molecule has 6 rings (SSSR count). The third-order valence-electron chi connectivity index (χ3n) is 8.29. The Labute approximate surface area is 241 Å². The molecular weight excluding hydrogens is 546 g/mol. The van der Waals surface area contributed by atoms with Gasteiger partial charge in [-0.1, -0.05) is 54.1 Å². The quantitative estimate of drug-likeness (QED) is 0.382. The van der Waals surface area contributed by atoms with Crippen molar-refractivity contribution in [1.82, 2.24) is 10.2 Å². The van der Waals surface area contributed by atoms with Crippen molar-refractivity contribution in [1.29, 1.82) is 0 Å². The van der Waals surface area contributed by atoms with Gasteiger partial charge in [-0.3, -0.25) is 19.7 Å². The zero-order chi connectivity index (χ0) is 28.8. The maximum absolute atomic E-state index is 13.9. The van der Waals surface area contributed by atoms with Crippen molar-refractivity contribution in [2.75, 3.05) is 18.4 Å². The number of hydrogen-bond donors (Lipinski definition) is 3. The second-order valence-electron chi connectivity index (χ2n) is 10.9. The SMILES string of the molecule is O=C1Nc2ccc(Cl)cc2C2(CCN(C(=O)[C@H](Cc3ccccc3)NC(=O)c3ccc(C4(C(=O)O)CC4)cc3)C2)O1. The van der Waals surface area contributed by atoms with Gasteiger partial charge in [-0.25, -0.2) is 4.79 Å². The lowest BCUT2D eigenvalue weighted by Crippen LogP contribution is -2.50. The van der Waals surface area contributed by atoms with Crippen LogP contribution in [0.1, 0.15) is 46.3 Å². The fraction of sp³-hybridized carbons (Fsp3) is 0.290. The molecular formula is C31H28ClN3O6. The molecule has 41 heavy (non-hydrogen) atoms. The van der Waals surface area contributed by atoms with Gasteiger partial charge in [0.05, 0.1) is 17.6 Å². The number of fused-ring (bicyclic) bond motifs is 2. The monoisotopic (exact) mass is 573 g/mol. The number of rotatable bonds is 7. The van der Waals surface area contributed by atoms with E-state index in [1.54, 1.807) is 47.4 Å². The standard InChI is InChI=1S/C31H28ClN3O6/c32-22-10-11-24-23(17-22)31(41-29(40)34-24)14-15-35(18-31)27(37)25(16-19-4-2-1-3-5-19)33-26(36)20-6-8-21(9-7-20)30(12-13-30)28(38)39/h1-11,17,25H,12-16,18H2,(H,33,36)(H,34,40)(H,38,39)/t25-,31?/m0/s1. The largest absolute Gasteiger partial charge is 0.481 e. The van der Waals surface area contributed by atoms with E-state index in [-0.39, 0.29) is 18.9 Å². The van der Waals surface area contributed by atoms with Gasteiger partial charge in [-0.15, -0.1) is 0 Å². The van der Waals surface area contributed by atoms with Crippen molar-refractivity contribution in [2.45, 2.75) is 42.7 Å². The predicted octanol–water partition coefficient (Wildman–Crippen LogP) is 4.49. The Morgan fingerprint density at radius 1 is 1.02 bits per heavy atom. The molecule has 0 radical (unpaired) electrons. The highest BCUT2D eigenvalue weighted by Gasteiger charge is 2.52. The molecule has 10 heteroatoms. The van der Waals surface area contributed by atoms with Crippen molar-refractivity contribution < 1.29 is 29.0 Å². The van der Waals surface area contributed by atoms with Gasteiger partial charge in [0.1, 0.15) is 6.04 Å². The summed E-state index contributed by atoms with van der Waals surface area (Å²) in [4.78, 5) is 52.9. The first kappa shape index (κ1) is 26.8. The number of anilines is 1. The molecule has 1 saturated heterocycles. The van der Waals surface area contributed by atoms with Crippen LogP contribution in [0.15, 0.2) is 72.8 Å². The summed E-state index contributed by atoms with van der Waals surface area (Å²) in [5, 5.41) is 15.7. The molecule has 0 bridgehead atoms. The summed E-state index contributed by atoms with van der Waals surface area (Å²) in [7, 11) is 0. The number of carbonyl (C=O) groups excluding carboxylic acids is 3. The Kier molecular flexibility index (Phi) is 6.69. The number of amides is 3. The van der Waals surface area contributed by atoms with Crippen LogP contribution in [0.2, 0.25) is 5.02 Å². The van der Waals surface area contributed by atoms with E-state index in [0.29, 0.717) is 53.2 Å². The van der Waals surface area contributed by atoms with Crippen LogP contribution in [0.5, 0.6) is 0 Å². The summed E-state index contributed by atoms with van der Waals surface area (Å²) >= 11 is 6.26. The van der Waals surface area contributed by atoms with E-state index in [1.165, 1.54) is 0 Å². The van der Waals surface area contributed by atoms with Crippen LogP contribution in [-0.2, 0) is 31.8 Å². The third-order valence-corrected chi connectivity index (χ3v) is 8.52. The Morgan fingerprint density at radius 3 is 2.44 bits per heavy atom. The lowest BCUT2D eigenvalue weighted by atomic mass is 9.90. The molecule has 2 aliphatic heterocycles. The van der Waals surface area contributed by atoms with Crippen LogP contribution in [0.4, 0.5) is 10.5 Å². The number of ether oxygens (including phenoxy) is 1. The Balaban J connectivity index is 1.23. The van der Waals surface area contributed by atoms with E-state index in [0.717, 1.165) is 5.56 Å². The first-order valence-electron chi connectivity index (χ1n) is 13.5. The van der Waals surface area contributed by atoms with Gasteiger partial charge in [0.25, 0.3) is 5.91 Å². The maximum Gasteiger partial charge on any atom is 0.412 e. The number of nitrogens with zero attached hydrogens (tertiary/aromatic N) is 1. The number of carboxylic acids is 1. The molecule has 2 atom stereocenters. The lowest BCUT2D eigenvalue weighted by molar-refractivity contribution is -0.140. The highest BCUT2D eigenvalue weighted by atomic mass is 35.5. The topological polar surface area (TPSA) is 125 Å². The average Bonchev–Trinajstić information content (AvgIpc) is 3.69. The Morgan fingerprint density at radius 2 is 1.76 bits per heavy atom. The summed E-state index contributed by atoms with van der Waals surface area (Å²) in [6, 6.07) is 20.2.